The van der Waals surface area contributed by atoms with Gasteiger partial charge < -0.3 is 15.4 Å². The van der Waals surface area contributed by atoms with Crippen LogP contribution in [0.5, 0.6) is 0 Å². The molecule has 1 aromatic rings. The Morgan fingerprint density at radius 2 is 2.20 bits per heavy atom. The Morgan fingerprint density at radius 1 is 1.45 bits per heavy atom. The number of piperidine rings is 1. The standard InChI is InChI=1S/C15H20N2O3/c1-11(20-10-12-5-3-2-4-6-12)15(19)17-13-7-8-14(18)16-9-13/h2-6,11,13H,7-10H2,1H3,(H,16,18)(H,17,19). The normalized spacial score (nSPS) is 20.1. The Hall–Kier alpha value is -1.88. The van der Waals surface area contributed by atoms with Crippen molar-refractivity contribution in [1.82, 2.24) is 10.6 Å². The maximum Gasteiger partial charge on any atom is 0.249 e. The van der Waals surface area contributed by atoms with Gasteiger partial charge >= 0.3 is 0 Å². The summed E-state index contributed by atoms with van der Waals surface area (Å²) in [6.07, 6.45) is 0.639. The van der Waals surface area contributed by atoms with Crippen molar-refractivity contribution in [3.63, 3.8) is 0 Å². The van der Waals surface area contributed by atoms with Gasteiger partial charge in [0.05, 0.1) is 6.61 Å². The number of carbonyl (C=O) groups excluding carboxylic acids is 2. The maximum absolute atomic E-state index is 12.0. The van der Waals surface area contributed by atoms with E-state index in [0.717, 1.165) is 5.56 Å². The van der Waals surface area contributed by atoms with Crippen molar-refractivity contribution in [3.05, 3.63) is 35.9 Å². The first-order valence-electron chi connectivity index (χ1n) is 6.88. The summed E-state index contributed by atoms with van der Waals surface area (Å²) >= 11 is 0. The first-order valence-corrected chi connectivity index (χ1v) is 6.88. The molecule has 20 heavy (non-hydrogen) atoms. The number of hydrogen-bond donors (Lipinski definition) is 2. The monoisotopic (exact) mass is 276 g/mol. The molecule has 1 aliphatic heterocycles. The fraction of sp³-hybridized carbons (Fsp3) is 0.467. The van der Waals surface area contributed by atoms with E-state index in [9.17, 15) is 9.59 Å². The lowest BCUT2D eigenvalue weighted by molar-refractivity contribution is -0.134. The van der Waals surface area contributed by atoms with Gasteiger partial charge in [-0.15, -0.1) is 0 Å². The average Bonchev–Trinajstić information content (AvgIpc) is 2.48. The predicted molar refractivity (Wildman–Crippen MR) is 74.9 cm³/mol. The molecule has 5 nitrogen and oxygen atoms in total. The molecule has 2 N–H and O–H groups in total. The van der Waals surface area contributed by atoms with Gasteiger partial charge in [0.25, 0.3) is 0 Å². The van der Waals surface area contributed by atoms with Crippen LogP contribution in [0, 0.1) is 0 Å². The molecule has 0 saturated carbocycles. The van der Waals surface area contributed by atoms with E-state index < -0.39 is 6.10 Å². The van der Waals surface area contributed by atoms with E-state index in [0.29, 0.717) is 26.0 Å². The molecule has 5 heteroatoms. The van der Waals surface area contributed by atoms with Gasteiger partial charge in [0.1, 0.15) is 6.10 Å². The minimum Gasteiger partial charge on any atom is -0.364 e. The Labute approximate surface area is 118 Å². The third kappa shape index (κ3) is 4.35. The fourth-order valence-corrected chi connectivity index (χ4v) is 2.05. The molecular weight excluding hydrogens is 256 g/mol. The second kappa shape index (κ2) is 7.05. The SMILES string of the molecule is CC(OCc1ccccc1)C(=O)NC1CCC(=O)NC1. The van der Waals surface area contributed by atoms with E-state index >= 15 is 0 Å². The van der Waals surface area contributed by atoms with Crippen LogP contribution in [0.15, 0.2) is 30.3 Å². The Balaban J connectivity index is 1.73. The highest BCUT2D eigenvalue weighted by molar-refractivity contribution is 5.81. The summed E-state index contributed by atoms with van der Waals surface area (Å²) in [6.45, 7) is 2.65. The Kier molecular flexibility index (Phi) is 5.12. The summed E-state index contributed by atoms with van der Waals surface area (Å²) < 4.78 is 5.55. The molecule has 1 aromatic carbocycles. The molecule has 2 atom stereocenters. The van der Waals surface area contributed by atoms with Gasteiger partial charge in [0, 0.05) is 19.0 Å². The summed E-state index contributed by atoms with van der Waals surface area (Å²) in [5.74, 6) is -0.0917. The van der Waals surface area contributed by atoms with Crippen molar-refractivity contribution >= 4 is 11.8 Å². The van der Waals surface area contributed by atoms with E-state index in [1.807, 2.05) is 30.3 Å². The highest BCUT2D eigenvalue weighted by Crippen LogP contribution is 2.06. The zero-order valence-electron chi connectivity index (χ0n) is 11.6. The van der Waals surface area contributed by atoms with Crippen LogP contribution in [-0.2, 0) is 20.9 Å². The van der Waals surface area contributed by atoms with Crippen molar-refractivity contribution in [3.8, 4) is 0 Å². The maximum atomic E-state index is 12.0. The second-order valence-electron chi connectivity index (χ2n) is 4.99. The lowest BCUT2D eigenvalue weighted by atomic mass is 10.1. The van der Waals surface area contributed by atoms with Crippen molar-refractivity contribution in [1.29, 1.82) is 0 Å². The van der Waals surface area contributed by atoms with Gasteiger partial charge in [-0.1, -0.05) is 30.3 Å². The lowest BCUT2D eigenvalue weighted by Crippen LogP contribution is -2.50. The number of ether oxygens (including phenoxy) is 1. The average molecular weight is 276 g/mol. The Morgan fingerprint density at radius 3 is 2.85 bits per heavy atom. The van der Waals surface area contributed by atoms with E-state index in [1.54, 1.807) is 6.92 Å². The van der Waals surface area contributed by atoms with Gasteiger partial charge in [-0.2, -0.15) is 0 Å². The van der Waals surface area contributed by atoms with E-state index in [2.05, 4.69) is 10.6 Å². The largest absolute Gasteiger partial charge is 0.364 e. The number of benzene rings is 1. The number of nitrogens with one attached hydrogen (secondary N) is 2. The van der Waals surface area contributed by atoms with E-state index in [-0.39, 0.29) is 17.9 Å². The summed E-state index contributed by atoms with van der Waals surface area (Å²) in [4.78, 5) is 23.0. The molecule has 2 unspecified atom stereocenters. The molecule has 1 heterocycles. The third-order valence-corrected chi connectivity index (χ3v) is 3.32. The third-order valence-electron chi connectivity index (χ3n) is 3.32. The molecule has 0 aromatic heterocycles. The van der Waals surface area contributed by atoms with Gasteiger partial charge in [-0.3, -0.25) is 9.59 Å². The van der Waals surface area contributed by atoms with Crippen LogP contribution in [0.1, 0.15) is 25.3 Å². The second-order valence-corrected chi connectivity index (χ2v) is 4.99. The molecule has 2 amide bonds. The highest BCUT2D eigenvalue weighted by Gasteiger charge is 2.22. The zero-order valence-corrected chi connectivity index (χ0v) is 11.6. The van der Waals surface area contributed by atoms with Gasteiger partial charge in [0.2, 0.25) is 11.8 Å². The number of rotatable bonds is 5. The van der Waals surface area contributed by atoms with Gasteiger partial charge in [-0.25, -0.2) is 0 Å². The summed E-state index contributed by atoms with van der Waals surface area (Å²) in [5, 5.41) is 5.64. The zero-order chi connectivity index (χ0) is 14.4. The van der Waals surface area contributed by atoms with Crippen molar-refractivity contribution in [2.24, 2.45) is 0 Å². The van der Waals surface area contributed by atoms with Crippen LogP contribution in [0.3, 0.4) is 0 Å². The molecule has 108 valence electrons. The summed E-state index contributed by atoms with van der Waals surface area (Å²) in [6, 6.07) is 9.74. The number of hydrogen-bond acceptors (Lipinski definition) is 3. The molecule has 1 aliphatic rings. The summed E-state index contributed by atoms with van der Waals surface area (Å²) in [5.41, 5.74) is 1.04. The molecule has 1 saturated heterocycles. The molecular formula is C15H20N2O3. The summed E-state index contributed by atoms with van der Waals surface area (Å²) in [7, 11) is 0. The number of amides is 2. The van der Waals surface area contributed by atoms with Crippen LogP contribution < -0.4 is 10.6 Å². The minimum atomic E-state index is -0.507. The molecule has 0 aliphatic carbocycles. The van der Waals surface area contributed by atoms with Crippen molar-refractivity contribution < 1.29 is 14.3 Å². The van der Waals surface area contributed by atoms with E-state index in [4.69, 9.17) is 4.74 Å². The fourth-order valence-electron chi connectivity index (χ4n) is 2.05. The molecule has 0 bridgehead atoms. The molecule has 2 rings (SSSR count). The Bertz CT molecular complexity index is 451. The molecule has 1 fully saturated rings. The van der Waals surface area contributed by atoms with Crippen LogP contribution in [0.4, 0.5) is 0 Å². The van der Waals surface area contributed by atoms with Gasteiger partial charge in [-0.05, 0) is 18.9 Å². The van der Waals surface area contributed by atoms with Crippen LogP contribution in [-0.4, -0.2) is 30.5 Å². The van der Waals surface area contributed by atoms with Crippen molar-refractivity contribution in [2.45, 2.75) is 38.5 Å². The van der Waals surface area contributed by atoms with Crippen LogP contribution in [0.25, 0.3) is 0 Å². The first kappa shape index (κ1) is 14.5. The predicted octanol–water partition coefficient (Wildman–Crippen LogP) is 0.986. The molecule has 0 radical (unpaired) electrons. The van der Waals surface area contributed by atoms with Crippen molar-refractivity contribution in [2.75, 3.05) is 6.54 Å². The minimum absolute atomic E-state index is 0.00275. The first-order chi connectivity index (χ1) is 9.65. The van der Waals surface area contributed by atoms with E-state index in [1.165, 1.54) is 0 Å². The quantitative estimate of drug-likeness (QED) is 0.842. The topological polar surface area (TPSA) is 67.4 Å². The number of carbonyl (C=O) groups is 2. The molecule has 0 spiro atoms. The van der Waals surface area contributed by atoms with Crippen LogP contribution in [0.2, 0.25) is 0 Å². The smallest absolute Gasteiger partial charge is 0.249 e. The van der Waals surface area contributed by atoms with Gasteiger partial charge in [0.15, 0.2) is 0 Å². The van der Waals surface area contributed by atoms with Crippen LogP contribution >= 0.6 is 0 Å². The lowest BCUT2D eigenvalue weighted by Gasteiger charge is -2.25. The highest BCUT2D eigenvalue weighted by atomic mass is 16.5.